The van der Waals surface area contributed by atoms with Crippen molar-refractivity contribution < 1.29 is 49.0 Å². The molecule has 4 rings (SSSR count). The molecule has 0 saturated heterocycles. The van der Waals surface area contributed by atoms with Gasteiger partial charge < -0.3 is 24.8 Å². The maximum absolute atomic E-state index is 3.65. The molecule has 172 valence electrons. The molecule has 3 aromatic rings. The number of halogens is 2. The van der Waals surface area contributed by atoms with E-state index >= 15 is 0 Å². The quantitative estimate of drug-likeness (QED) is 0.338. The zero-order valence-corrected chi connectivity index (χ0v) is 24.7. The molecule has 0 fully saturated rings. The summed E-state index contributed by atoms with van der Waals surface area (Å²) in [6.07, 6.45) is 1.04. The number of hydrogen-bond donors (Lipinski definition) is 0. The van der Waals surface area contributed by atoms with Gasteiger partial charge in [-0.3, -0.25) is 0 Å². The Morgan fingerprint density at radius 3 is 1.81 bits per heavy atom. The summed E-state index contributed by atoms with van der Waals surface area (Å²) in [6, 6.07) is 20.9. The van der Waals surface area contributed by atoms with Gasteiger partial charge in [0.25, 0.3) is 0 Å². The van der Waals surface area contributed by atoms with Crippen molar-refractivity contribution in [3.05, 3.63) is 88.0 Å². The summed E-state index contributed by atoms with van der Waals surface area (Å²) in [5.74, 6) is 1.14. The molecule has 0 spiro atoms. The van der Waals surface area contributed by atoms with Crippen LogP contribution in [0.1, 0.15) is 86.8 Å². The van der Waals surface area contributed by atoms with Crippen LogP contribution in [0.15, 0.2) is 48.5 Å². The number of aryl methyl sites for hydroxylation is 2. The zero-order valence-electron chi connectivity index (χ0n) is 20.7. The summed E-state index contributed by atoms with van der Waals surface area (Å²) in [6.45, 7) is 17.8. The topological polar surface area (TPSA) is 0 Å². The molecule has 0 bridgehead atoms. The molecule has 0 saturated carbocycles. The van der Waals surface area contributed by atoms with E-state index in [0.29, 0.717) is 11.8 Å². The van der Waals surface area contributed by atoms with Gasteiger partial charge in [-0.2, -0.15) is 35.9 Å². The van der Waals surface area contributed by atoms with Crippen LogP contribution in [0.2, 0.25) is 0 Å². The van der Waals surface area contributed by atoms with Gasteiger partial charge in [-0.1, -0.05) is 58.2 Å². The van der Waals surface area contributed by atoms with Gasteiger partial charge in [0, 0.05) is 0 Å². The fourth-order valence-electron chi connectivity index (χ4n) is 4.01. The number of fused-ring (bicyclic) bond motifs is 3. The second-order valence-corrected chi connectivity index (χ2v) is 11.5. The fourth-order valence-corrected chi connectivity index (χ4v) is 4.01. The van der Waals surface area contributed by atoms with Crippen molar-refractivity contribution in [3.63, 3.8) is 0 Å². The smallest absolute Gasteiger partial charge is 0.0216 e. The van der Waals surface area contributed by atoms with Gasteiger partial charge in [-0.25, -0.2) is 12.1 Å². The Bertz CT molecular complexity index is 900. The van der Waals surface area contributed by atoms with E-state index < -0.39 is 0 Å². The van der Waals surface area contributed by atoms with Gasteiger partial charge in [-0.05, 0) is 36.0 Å². The van der Waals surface area contributed by atoms with Crippen LogP contribution in [0.3, 0.4) is 0 Å². The van der Waals surface area contributed by atoms with Gasteiger partial charge in [0.1, 0.15) is 0 Å². The van der Waals surface area contributed by atoms with Crippen molar-refractivity contribution in [2.45, 2.75) is 73.6 Å². The first-order valence-corrected chi connectivity index (χ1v) is 12.2. The van der Waals surface area contributed by atoms with Crippen LogP contribution < -0.4 is 24.8 Å². The Kier molecular flexibility index (Phi) is 14.0. The van der Waals surface area contributed by atoms with Crippen molar-refractivity contribution in [3.8, 4) is 11.1 Å². The molecule has 3 heteroatoms. The van der Waals surface area contributed by atoms with Crippen LogP contribution >= 0.6 is 0 Å². The van der Waals surface area contributed by atoms with Crippen LogP contribution in [0.4, 0.5) is 0 Å². The van der Waals surface area contributed by atoms with Crippen molar-refractivity contribution in [1.29, 1.82) is 0 Å². The Morgan fingerprint density at radius 2 is 1.38 bits per heavy atom. The normalized spacial score (nSPS) is 10.6. The first kappa shape index (κ1) is 31.1. The van der Waals surface area contributed by atoms with E-state index in [4.69, 9.17) is 0 Å². The van der Waals surface area contributed by atoms with Crippen molar-refractivity contribution >= 4 is 3.21 Å². The minimum atomic E-state index is 0. The van der Waals surface area contributed by atoms with E-state index in [9.17, 15) is 0 Å². The first-order valence-electron chi connectivity index (χ1n) is 11.0. The molecule has 0 aromatic heterocycles. The SMILES string of the molecule is C[C](C)=[Zr+2].Cc1[c-]c2c(cc1C(C)C)-c1cc(C(C)C)c(C)cc1C2.[Cl-].[Cl-].c1cc[cH-]c1. The van der Waals surface area contributed by atoms with Crippen molar-refractivity contribution in [2.75, 3.05) is 0 Å². The van der Waals surface area contributed by atoms with Crippen LogP contribution in [0.5, 0.6) is 0 Å². The van der Waals surface area contributed by atoms with Gasteiger partial charge in [0.15, 0.2) is 0 Å². The Balaban J connectivity index is 0.000000739. The molecule has 1 aliphatic carbocycles. The third-order valence-corrected chi connectivity index (χ3v) is 5.35. The average Bonchev–Trinajstić information content (AvgIpc) is 3.30. The van der Waals surface area contributed by atoms with Crippen molar-refractivity contribution in [2.24, 2.45) is 0 Å². The average molecular weight is 547 g/mol. The van der Waals surface area contributed by atoms with Crippen LogP contribution in [0, 0.1) is 19.9 Å². The molecule has 0 radical (unpaired) electrons. The van der Waals surface area contributed by atoms with Gasteiger partial charge in [-0.15, -0.1) is 16.7 Å². The molecule has 0 unspecified atom stereocenters. The third kappa shape index (κ3) is 8.48. The molecule has 0 heterocycles. The molecule has 32 heavy (non-hydrogen) atoms. The van der Waals surface area contributed by atoms with Crippen LogP contribution in [-0.4, -0.2) is 3.21 Å². The number of benzene rings is 2. The largest absolute Gasteiger partial charge is 1.00 e. The van der Waals surface area contributed by atoms with Gasteiger partial charge in [0.05, 0.1) is 0 Å². The van der Waals surface area contributed by atoms with Gasteiger partial charge >= 0.3 is 41.3 Å². The van der Waals surface area contributed by atoms with Crippen molar-refractivity contribution in [1.82, 2.24) is 0 Å². The minimum Gasteiger partial charge on any atom is -1.00 e. The summed E-state index contributed by atoms with van der Waals surface area (Å²) < 4.78 is 1.51. The number of rotatable bonds is 2. The summed E-state index contributed by atoms with van der Waals surface area (Å²) in [5.41, 5.74) is 11.4. The number of hydrogen-bond acceptors (Lipinski definition) is 0. The second-order valence-electron chi connectivity index (χ2n) is 9.06. The van der Waals surface area contributed by atoms with E-state index in [2.05, 4.69) is 79.7 Å². The predicted molar refractivity (Wildman–Crippen MR) is 130 cm³/mol. The standard InChI is InChI=1S/C21H25.C5H5.C3H6.2ClH.Zr/c1-12(2)18-10-20-16(7-14(18)5)9-17-8-15(6)19(13(3)4)11-21(17)20;1-2-4-5-3-1;1-3-2;;;/h7,10-13H,9H2,1-6H3;1-5H;1-2H3;2*1H;/q2*-1;;;;+2/p-2. The van der Waals surface area contributed by atoms with E-state index in [0.717, 1.165) is 6.42 Å². The molecule has 0 aliphatic heterocycles. The summed E-state index contributed by atoms with van der Waals surface area (Å²) in [5, 5.41) is 0. The Hall–Kier alpha value is -0.877. The fraction of sp³-hybridized carbons (Fsp3) is 0.379. The molecular formula is C29H36Cl2Zr-2. The predicted octanol–water partition coefficient (Wildman–Crippen LogP) is 2.08. The van der Waals surface area contributed by atoms with E-state index in [-0.39, 0.29) is 24.8 Å². The summed E-state index contributed by atoms with van der Waals surface area (Å²) in [4.78, 5) is 0. The minimum absolute atomic E-state index is 0. The molecule has 0 nitrogen and oxygen atoms in total. The molecule has 0 atom stereocenters. The van der Waals surface area contributed by atoms with Crippen LogP contribution in [-0.2, 0) is 30.7 Å². The monoisotopic (exact) mass is 544 g/mol. The molecular weight excluding hydrogens is 510 g/mol. The molecule has 3 aromatic carbocycles. The van der Waals surface area contributed by atoms with Crippen LogP contribution in [0.25, 0.3) is 11.1 Å². The first-order chi connectivity index (χ1) is 14.1. The summed E-state index contributed by atoms with van der Waals surface area (Å²) in [7, 11) is 0. The van der Waals surface area contributed by atoms with E-state index in [1.807, 2.05) is 30.3 Å². The van der Waals surface area contributed by atoms with E-state index in [1.165, 1.54) is 47.7 Å². The van der Waals surface area contributed by atoms with Gasteiger partial charge in [0.2, 0.25) is 0 Å². The van der Waals surface area contributed by atoms with E-state index in [1.54, 1.807) is 24.2 Å². The molecule has 1 aliphatic rings. The molecule has 0 amide bonds. The second kappa shape index (κ2) is 14.4. The zero-order chi connectivity index (χ0) is 22.4. The maximum Gasteiger partial charge on any atom is -0.0216 e. The molecule has 0 N–H and O–H groups in total. The Morgan fingerprint density at radius 1 is 0.875 bits per heavy atom. The third-order valence-electron chi connectivity index (χ3n) is 5.35. The maximum atomic E-state index is 3.65. The summed E-state index contributed by atoms with van der Waals surface area (Å²) >= 11 is 1.55. The Labute approximate surface area is 223 Å².